The standard InChI is InChI=1S/C17H17ClN4O2S/c1-2-14-16(25(23,24)13-5-3-4-12(18)8-13)17-20-10-11-9-19-7-6-15(11)22(17)21-14/h3-5,8,10,19H,2,6-7,9H2,1H3. The second-order valence-corrected chi connectivity index (χ2v) is 8.31. The van der Waals surface area contributed by atoms with E-state index in [4.69, 9.17) is 11.6 Å². The Bertz CT molecular complexity index is 1080. The van der Waals surface area contributed by atoms with Crippen molar-refractivity contribution in [1.29, 1.82) is 0 Å². The van der Waals surface area contributed by atoms with Crippen LogP contribution in [0.5, 0.6) is 0 Å². The van der Waals surface area contributed by atoms with Gasteiger partial charge in [-0.3, -0.25) is 0 Å². The normalized spacial score (nSPS) is 14.6. The maximum atomic E-state index is 13.2. The molecule has 1 aliphatic rings. The molecule has 8 heteroatoms. The number of halogens is 1. The molecule has 1 N–H and O–H groups in total. The Balaban J connectivity index is 2.01. The molecule has 0 aliphatic carbocycles. The Morgan fingerprint density at radius 2 is 2.20 bits per heavy atom. The Kier molecular flexibility index (Phi) is 4.02. The molecule has 0 saturated carbocycles. The van der Waals surface area contributed by atoms with Crippen LogP contribution < -0.4 is 5.32 Å². The molecule has 0 fully saturated rings. The van der Waals surface area contributed by atoms with Crippen LogP contribution >= 0.6 is 11.6 Å². The molecule has 0 amide bonds. The third kappa shape index (κ3) is 2.63. The fourth-order valence-electron chi connectivity index (χ4n) is 3.19. The van der Waals surface area contributed by atoms with Crippen molar-refractivity contribution in [3.63, 3.8) is 0 Å². The highest BCUT2D eigenvalue weighted by molar-refractivity contribution is 7.91. The molecule has 3 aromatic rings. The Labute approximate surface area is 150 Å². The smallest absolute Gasteiger partial charge is 0.212 e. The SMILES string of the molecule is CCc1nn2c3c(cnc2c1S(=O)(=O)c1cccc(Cl)c1)CNCC3. The Hall–Kier alpha value is -1.96. The molecule has 1 aliphatic heterocycles. The van der Waals surface area contributed by atoms with E-state index in [0.717, 1.165) is 30.8 Å². The van der Waals surface area contributed by atoms with Gasteiger partial charge in [0, 0.05) is 36.3 Å². The number of rotatable bonds is 3. The van der Waals surface area contributed by atoms with Gasteiger partial charge in [0.15, 0.2) is 5.65 Å². The fourth-order valence-corrected chi connectivity index (χ4v) is 5.10. The minimum atomic E-state index is -3.76. The maximum absolute atomic E-state index is 13.2. The van der Waals surface area contributed by atoms with Gasteiger partial charge in [-0.15, -0.1) is 0 Å². The van der Waals surface area contributed by atoms with Crippen LogP contribution in [0.25, 0.3) is 5.65 Å². The van der Waals surface area contributed by atoms with Gasteiger partial charge in [-0.05, 0) is 24.6 Å². The van der Waals surface area contributed by atoms with Crippen molar-refractivity contribution in [2.24, 2.45) is 0 Å². The van der Waals surface area contributed by atoms with Gasteiger partial charge in [0.05, 0.1) is 16.3 Å². The van der Waals surface area contributed by atoms with Crippen LogP contribution in [0.15, 0.2) is 40.3 Å². The molecule has 0 bridgehead atoms. The molecule has 0 saturated heterocycles. The lowest BCUT2D eigenvalue weighted by Gasteiger charge is -2.17. The number of hydrogen-bond acceptors (Lipinski definition) is 5. The predicted molar refractivity (Wildman–Crippen MR) is 94.7 cm³/mol. The molecule has 0 atom stereocenters. The third-order valence-corrected chi connectivity index (χ3v) is 6.48. The Morgan fingerprint density at radius 3 is 2.96 bits per heavy atom. The lowest BCUT2D eigenvalue weighted by molar-refractivity contribution is 0.595. The summed E-state index contributed by atoms with van der Waals surface area (Å²) in [6, 6.07) is 6.29. The minimum Gasteiger partial charge on any atom is -0.312 e. The van der Waals surface area contributed by atoms with Gasteiger partial charge < -0.3 is 5.32 Å². The summed E-state index contributed by atoms with van der Waals surface area (Å²) >= 11 is 5.99. The summed E-state index contributed by atoms with van der Waals surface area (Å²) in [6.45, 7) is 3.45. The number of fused-ring (bicyclic) bond motifs is 3. The Morgan fingerprint density at radius 1 is 1.36 bits per heavy atom. The van der Waals surface area contributed by atoms with E-state index in [9.17, 15) is 8.42 Å². The molecule has 1 aromatic carbocycles. The van der Waals surface area contributed by atoms with E-state index >= 15 is 0 Å². The number of aromatic nitrogens is 3. The number of benzene rings is 1. The summed E-state index contributed by atoms with van der Waals surface area (Å²) in [4.78, 5) is 4.76. The largest absolute Gasteiger partial charge is 0.312 e. The number of nitrogens with zero attached hydrogens (tertiary/aromatic N) is 3. The zero-order valence-corrected chi connectivity index (χ0v) is 15.2. The second-order valence-electron chi connectivity index (χ2n) is 5.98. The van der Waals surface area contributed by atoms with Crippen LogP contribution in [0.4, 0.5) is 0 Å². The molecule has 0 unspecified atom stereocenters. The van der Waals surface area contributed by atoms with Gasteiger partial charge >= 0.3 is 0 Å². The lowest BCUT2D eigenvalue weighted by atomic mass is 10.1. The third-order valence-electron chi connectivity index (χ3n) is 4.42. The molecule has 6 nitrogen and oxygen atoms in total. The van der Waals surface area contributed by atoms with E-state index in [2.05, 4.69) is 15.4 Å². The quantitative estimate of drug-likeness (QED) is 0.759. The van der Waals surface area contributed by atoms with Crippen LogP contribution in [0.3, 0.4) is 0 Å². The first-order chi connectivity index (χ1) is 12.0. The highest BCUT2D eigenvalue weighted by Gasteiger charge is 2.29. The molecule has 0 radical (unpaired) electrons. The topological polar surface area (TPSA) is 76.4 Å². The van der Waals surface area contributed by atoms with E-state index in [1.165, 1.54) is 6.07 Å². The summed E-state index contributed by atoms with van der Waals surface area (Å²) in [6.07, 6.45) is 3.04. The highest BCUT2D eigenvalue weighted by atomic mass is 35.5. The summed E-state index contributed by atoms with van der Waals surface area (Å²) in [5.74, 6) is 0. The number of sulfone groups is 1. The zero-order chi connectivity index (χ0) is 17.6. The fraction of sp³-hybridized carbons (Fsp3) is 0.294. The van der Waals surface area contributed by atoms with Gasteiger partial charge in [-0.2, -0.15) is 5.10 Å². The maximum Gasteiger partial charge on any atom is 0.212 e. The average Bonchev–Trinajstić information content (AvgIpc) is 3.01. The minimum absolute atomic E-state index is 0.158. The zero-order valence-electron chi connectivity index (χ0n) is 13.7. The first-order valence-electron chi connectivity index (χ1n) is 8.12. The van der Waals surface area contributed by atoms with Crippen LogP contribution in [-0.2, 0) is 29.2 Å². The molecule has 4 rings (SSSR count). The van der Waals surface area contributed by atoms with E-state index in [-0.39, 0.29) is 9.79 Å². The highest BCUT2D eigenvalue weighted by Crippen LogP contribution is 2.30. The molecule has 2 aromatic heterocycles. The van der Waals surface area contributed by atoms with Gasteiger partial charge in [-0.1, -0.05) is 24.6 Å². The predicted octanol–water partition coefficient (Wildman–Crippen LogP) is 2.42. The van der Waals surface area contributed by atoms with E-state index in [0.29, 0.717) is 22.8 Å². The first kappa shape index (κ1) is 16.5. The van der Waals surface area contributed by atoms with E-state index < -0.39 is 9.84 Å². The van der Waals surface area contributed by atoms with Gasteiger partial charge in [0.2, 0.25) is 9.84 Å². The molecular formula is C17H17ClN4O2S. The van der Waals surface area contributed by atoms with Crippen LogP contribution in [-0.4, -0.2) is 29.6 Å². The van der Waals surface area contributed by atoms with Gasteiger partial charge in [0.1, 0.15) is 4.90 Å². The van der Waals surface area contributed by atoms with E-state index in [1.807, 2.05) is 6.92 Å². The van der Waals surface area contributed by atoms with Crippen molar-refractivity contribution in [2.45, 2.75) is 36.1 Å². The summed E-state index contributed by atoms with van der Waals surface area (Å²) in [5, 5.41) is 8.24. The van der Waals surface area contributed by atoms with Gasteiger partial charge in [0.25, 0.3) is 0 Å². The molecular weight excluding hydrogens is 360 g/mol. The molecule has 25 heavy (non-hydrogen) atoms. The molecule has 3 heterocycles. The van der Waals surface area contributed by atoms with Crippen LogP contribution in [0, 0.1) is 0 Å². The summed E-state index contributed by atoms with van der Waals surface area (Å²) in [5.41, 5.74) is 2.98. The average molecular weight is 377 g/mol. The van der Waals surface area contributed by atoms with Crippen molar-refractivity contribution in [3.05, 3.63) is 52.4 Å². The monoisotopic (exact) mass is 376 g/mol. The molecule has 0 spiro atoms. The van der Waals surface area contributed by atoms with Crippen molar-refractivity contribution in [1.82, 2.24) is 19.9 Å². The summed E-state index contributed by atoms with van der Waals surface area (Å²) < 4.78 is 28.2. The number of nitrogens with one attached hydrogen (secondary N) is 1. The van der Waals surface area contributed by atoms with E-state index in [1.54, 1.807) is 28.9 Å². The number of aryl methyl sites for hydroxylation is 1. The van der Waals surface area contributed by atoms with Crippen LogP contribution in [0.1, 0.15) is 23.9 Å². The lowest BCUT2D eigenvalue weighted by Crippen LogP contribution is -2.26. The van der Waals surface area contributed by atoms with Crippen molar-refractivity contribution in [2.75, 3.05) is 6.54 Å². The second kappa shape index (κ2) is 6.09. The van der Waals surface area contributed by atoms with Crippen molar-refractivity contribution < 1.29 is 8.42 Å². The van der Waals surface area contributed by atoms with Crippen molar-refractivity contribution in [3.8, 4) is 0 Å². The van der Waals surface area contributed by atoms with Gasteiger partial charge in [-0.25, -0.2) is 17.9 Å². The summed E-state index contributed by atoms with van der Waals surface area (Å²) in [7, 11) is -3.76. The van der Waals surface area contributed by atoms with Crippen molar-refractivity contribution >= 4 is 27.1 Å². The number of hydrogen-bond donors (Lipinski definition) is 1. The first-order valence-corrected chi connectivity index (χ1v) is 9.98. The molecule has 130 valence electrons. The van der Waals surface area contributed by atoms with Crippen LogP contribution in [0.2, 0.25) is 5.02 Å².